The molecule has 0 aromatic heterocycles. The normalized spacial score (nSPS) is 10.3. The van der Waals surface area contributed by atoms with Crippen LogP contribution in [0, 0.1) is 6.92 Å². The minimum atomic E-state index is -3.16. The summed E-state index contributed by atoms with van der Waals surface area (Å²) < 4.78 is 39.3. The molecule has 31 heavy (non-hydrogen) atoms. The first kappa shape index (κ1) is 23.4. The zero-order valence-electron chi connectivity index (χ0n) is 17.0. The lowest BCUT2D eigenvalue weighted by Gasteiger charge is -2.16. The molecule has 0 bridgehead atoms. The maximum Gasteiger partial charge on any atom is 0.387 e. The number of hydrogen-bond donors (Lipinski definition) is 3. The van der Waals surface area contributed by atoms with Gasteiger partial charge in [-0.25, -0.2) is 9.59 Å². The van der Waals surface area contributed by atoms with Gasteiger partial charge < -0.3 is 30.2 Å². The van der Waals surface area contributed by atoms with E-state index >= 15 is 0 Å². The van der Waals surface area contributed by atoms with Crippen LogP contribution in [-0.4, -0.2) is 45.3 Å². The van der Waals surface area contributed by atoms with Crippen LogP contribution in [0.3, 0.4) is 0 Å². The highest BCUT2D eigenvalue weighted by Gasteiger charge is 2.21. The number of carbonyl (C=O) groups is 3. The van der Waals surface area contributed by atoms with Crippen LogP contribution < -0.4 is 25.4 Å². The van der Waals surface area contributed by atoms with Gasteiger partial charge in [-0.3, -0.25) is 4.79 Å². The molecule has 2 aromatic carbocycles. The van der Waals surface area contributed by atoms with Crippen molar-refractivity contribution < 1.29 is 37.4 Å². The molecule has 0 unspecified atom stereocenters. The third-order valence-corrected chi connectivity index (χ3v) is 3.88. The predicted octanol–water partition coefficient (Wildman–Crippen LogP) is 3.15. The lowest BCUT2D eigenvalue weighted by molar-refractivity contribution is -0.115. The summed E-state index contributed by atoms with van der Waals surface area (Å²) in [5, 5.41) is 7.27. The summed E-state index contributed by atoms with van der Waals surface area (Å²) in [6.45, 7) is -1.76. The van der Waals surface area contributed by atoms with E-state index in [9.17, 15) is 23.2 Å². The molecule has 0 spiro atoms. The Morgan fingerprint density at radius 3 is 2.39 bits per heavy atom. The summed E-state index contributed by atoms with van der Waals surface area (Å²) in [5.74, 6) is -2.12. The van der Waals surface area contributed by atoms with Crippen molar-refractivity contribution in [2.45, 2.75) is 13.5 Å². The van der Waals surface area contributed by atoms with Gasteiger partial charge in [0.1, 0.15) is 0 Å². The number of amides is 3. The Morgan fingerprint density at radius 1 is 1.03 bits per heavy atom. The molecule has 0 aliphatic heterocycles. The monoisotopic (exact) mass is 437 g/mol. The number of urea groups is 1. The molecule has 0 atom stereocenters. The summed E-state index contributed by atoms with van der Waals surface area (Å²) in [7, 11) is 2.31. The standard InChI is InChI=1S/C20H21F2N3O6/c1-11-5-4-6-12(7-11)24-20(28)23-10-17(26)25-14-9-16(31-19(21)22)15(29-2)8-13(14)18(27)30-3/h4-9,19H,10H2,1-3H3,(H,25,26)(H2,23,24,28). The van der Waals surface area contributed by atoms with Gasteiger partial charge in [-0.2, -0.15) is 8.78 Å². The molecule has 0 aliphatic rings. The number of hydrogen-bond acceptors (Lipinski definition) is 6. The number of halogens is 2. The number of carbonyl (C=O) groups excluding carboxylic acids is 3. The van der Waals surface area contributed by atoms with E-state index < -0.39 is 36.8 Å². The molecule has 0 heterocycles. The van der Waals surface area contributed by atoms with Crippen LogP contribution in [0.4, 0.5) is 25.0 Å². The van der Waals surface area contributed by atoms with Crippen molar-refractivity contribution in [1.29, 1.82) is 0 Å². The first-order chi connectivity index (χ1) is 14.7. The average Bonchev–Trinajstić information content (AvgIpc) is 2.71. The highest BCUT2D eigenvalue weighted by Crippen LogP contribution is 2.35. The van der Waals surface area contributed by atoms with Crippen LogP contribution in [0.2, 0.25) is 0 Å². The van der Waals surface area contributed by atoms with Gasteiger partial charge in [0.05, 0.1) is 32.0 Å². The van der Waals surface area contributed by atoms with Gasteiger partial charge in [0.15, 0.2) is 11.5 Å². The molecule has 9 nitrogen and oxygen atoms in total. The molecular weight excluding hydrogens is 416 g/mol. The lowest BCUT2D eigenvalue weighted by Crippen LogP contribution is -2.36. The number of benzene rings is 2. The Balaban J connectivity index is 2.11. The minimum absolute atomic E-state index is 0.154. The van der Waals surface area contributed by atoms with Gasteiger partial charge in [0.25, 0.3) is 0 Å². The fourth-order valence-corrected chi connectivity index (χ4v) is 2.54. The molecule has 166 valence electrons. The minimum Gasteiger partial charge on any atom is -0.493 e. The van der Waals surface area contributed by atoms with Crippen LogP contribution >= 0.6 is 0 Å². The van der Waals surface area contributed by atoms with E-state index in [0.29, 0.717) is 5.69 Å². The zero-order valence-corrected chi connectivity index (χ0v) is 17.0. The van der Waals surface area contributed by atoms with E-state index in [2.05, 4.69) is 25.4 Å². The Morgan fingerprint density at radius 2 is 1.77 bits per heavy atom. The molecule has 0 aliphatic carbocycles. The number of anilines is 2. The number of aryl methyl sites for hydroxylation is 1. The highest BCUT2D eigenvalue weighted by atomic mass is 19.3. The average molecular weight is 437 g/mol. The molecule has 3 amide bonds. The first-order valence-corrected chi connectivity index (χ1v) is 8.90. The summed E-state index contributed by atoms with van der Waals surface area (Å²) in [4.78, 5) is 36.2. The molecule has 3 N–H and O–H groups in total. The molecule has 0 saturated heterocycles. The topological polar surface area (TPSA) is 115 Å². The Labute approximate surface area is 176 Å². The Bertz CT molecular complexity index is 968. The Kier molecular flexibility index (Phi) is 8.12. The fourth-order valence-electron chi connectivity index (χ4n) is 2.54. The quantitative estimate of drug-likeness (QED) is 0.547. The van der Waals surface area contributed by atoms with Crippen molar-refractivity contribution in [1.82, 2.24) is 5.32 Å². The second-order valence-electron chi connectivity index (χ2n) is 6.14. The number of nitrogens with one attached hydrogen (secondary N) is 3. The molecule has 11 heteroatoms. The third-order valence-electron chi connectivity index (χ3n) is 3.88. The predicted molar refractivity (Wildman–Crippen MR) is 108 cm³/mol. The number of methoxy groups -OCH3 is 2. The van der Waals surface area contributed by atoms with E-state index in [1.165, 1.54) is 7.11 Å². The van der Waals surface area contributed by atoms with Crippen LogP contribution in [0.5, 0.6) is 11.5 Å². The van der Waals surface area contributed by atoms with Crippen LogP contribution in [-0.2, 0) is 9.53 Å². The van der Waals surface area contributed by atoms with Crippen molar-refractivity contribution in [3.05, 3.63) is 47.5 Å². The largest absolute Gasteiger partial charge is 0.493 e. The van der Waals surface area contributed by atoms with Crippen LogP contribution in [0.25, 0.3) is 0 Å². The van der Waals surface area contributed by atoms with Crippen molar-refractivity contribution in [3.8, 4) is 11.5 Å². The summed E-state index contributed by atoms with van der Waals surface area (Å²) >= 11 is 0. The van der Waals surface area contributed by atoms with Gasteiger partial charge >= 0.3 is 18.6 Å². The van der Waals surface area contributed by atoms with E-state index in [-0.39, 0.29) is 17.0 Å². The molecule has 0 saturated carbocycles. The maximum absolute atomic E-state index is 12.7. The second-order valence-corrected chi connectivity index (χ2v) is 6.14. The zero-order chi connectivity index (χ0) is 23.0. The number of alkyl halides is 2. The van der Waals surface area contributed by atoms with Crippen molar-refractivity contribution in [3.63, 3.8) is 0 Å². The number of esters is 1. The first-order valence-electron chi connectivity index (χ1n) is 8.90. The maximum atomic E-state index is 12.7. The van der Waals surface area contributed by atoms with E-state index in [4.69, 9.17) is 4.74 Å². The summed E-state index contributed by atoms with van der Waals surface area (Å²) in [6, 6.07) is 8.50. The smallest absolute Gasteiger partial charge is 0.387 e. The van der Waals surface area contributed by atoms with Gasteiger partial charge in [0.2, 0.25) is 5.91 Å². The molecular formula is C20H21F2N3O6. The van der Waals surface area contributed by atoms with Crippen molar-refractivity contribution >= 4 is 29.3 Å². The van der Waals surface area contributed by atoms with Gasteiger partial charge in [-0.15, -0.1) is 0 Å². The van der Waals surface area contributed by atoms with E-state index in [1.807, 2.05) is 13.0 Å². The third kappa shape index (κ3) is 6.84. The molecule has 2 aromatic rings. The van der Waals surface area contributed by atoms with E-state index in [1.54, 1.807) is 18.2 Å². The fraction of sp³-hybridized carbons (Fsp3) is 0.250. The van der Waals surface area contributed by atoms with Crippen molar-refractivity contribution in [2.75, 3.05) is 31.4 Å². The van der Waals surface area contributed by atoms with E-state index in [0.717, 1.165) is 24.8 Å². The Hall–Kier alpha value is -3.89. The van der Waals surface area contributed by atoms with Gasteiger partial charge in [-0.1, -0.05) is 12.1 Å². The summed E-state index contributed by atoms with van der Waals surface area (Å²) in [6.07, 6.45) is 0. The molecule has 0 radical (unpaired) electrons. The molecule has 0 fully saturated rings. The number of ether oxygens (including phenoxy) is 3. The van der Waals surface area contributed by atoms with Crippen LogP contribution in [0.1, 0.15) is 15.9 Å². The van der Waals surface area contributed by atoms with Crippen LogP contribution in [0.15, 0.2) is 36.4 Å². The molecule has 2 rings (SSSR count). The van der Waals surface area contributed by atoms with Crippen molar-refractivity contribution in [2.24, 2.45) is 0 Å². The highest BCUT2D eigenvalue weighted by molar-refractivity contribution is 6.03. The summed E-state index contributed by atoms with van der Waals surface area (Å²) in [5.41, 5.74) is 1.16. The number of rotatable bonds is 8. The lowest BCUT2D eigenvalue weighted by atomic mass is 10.1. The SMILES string of the molecule is COC(=O)c1cc(OC)c(OC(F)F)cc1NC(=O)CNC(=O)Nc1cccc(C)c1. The van der Waals surface area contributed by atoms with Gasteiger partial charge in [0, 0.05) is 17.8 Å². The second kappa shape index (κ2) is 10.8. The van der Waals surface area contributed by atoms with Gasteiger partial charge in [-0.05, 0) is 24.6 Å².